The molecule has 0 radical (unpaired) electrons. The molecule has 1 aromatic rings. The lowest BCUT2D eigenvalue weighted by atomic mass is 9.77. The lowest BCUT2D eigenvalue weighted by molar-refractivity contribution is -0.197. The first kappa shape index (κ1) is 71.7. The quantitative estimate of drug-likeness (QED) is 0.0325. The smallest absolute Gasteiger partial charge is 0.333 e. The minimum absolute atomic E-state index is 0.00951. The molecule has 1 aliphatic carbocycles. The van der Waals surface area contributed by atoms with Gasteiger partial charge in [0.05, 0.1) is 122 Å². The standard InChI is InChI=1S/C60H89N3O21S2/c1-59(2,3)51-45-48(12-10-13-55-60(4,21-11-43-85(67,68)69)52-46-49(86(70,71)72)16-18-53(52)62(55)22-9-7-8-14-58(66)84-63-56(64)19-20-57(63)65)83-54-44-47(15-17-50(51)54)61(23-25-75-31-33-79-39-41-81-37-35-77-29-27-73-5)24-26-76-32-34-80-40-42-82-38-36-78-30-28-74-6/h10,12-13,15-18,44-46H,7-9,11,14,19-43H2,1-6H3,(H-,67,68,69,70,71,72). The van der Waals surface area contributed by atoms with Gasteiger partial charge in [-0.1, -0.05) is 33.3 Å². The van der Waals surface area contributed by atoms with Crippen molar-refractivity contribution < 1.29 is 96.9 Å². The summed E-state index contributed by atoms with van der Waals surface area (Å²) in [6.07, 6.45) is 6.83. The molecule has 0 spiro atoms. The number of amides is 2. The molecule has 3 heterocycles. The van der Waals surface area contributed by atoms with E-state index in [2.05, 4.69) is 25.3 Å². The van der Waals surface area contributed by atoms with E-state index < -0.39 is 54.1 Å². The van der Waals surface area contributed by atoms with Gasteiger partial charge in [-0.05, 0) is 91.6 Å². The Bertz CT molecular complexity index is 2870. The maximum Gasteiger partial charge on any atom is 0.333 e. The molecule has 4 aliphatic rings. The van der Waals surface area contributed by atoms with Gasteiger partial charge in [-0.25, -0.2) is 17.8 Å². The molecule has 1 saturated heterocycles. The van der Waals surface area contributed by atoms with E-state index in [0.29, 0.717) is 191 Å². The maximum atomic E-state index is 12.6. The summed E-state index contributed by atoms with van der Waals surface area (Å²) in [7, 11) is -6.04. The second-order valence-electron chi connectivity index (χ2n) is 21.6. The molecule has 0 bridgehead atoms. The molecule has 0 saturated carbocycles. The largest absolute Gasteiger partial charge is 0.744 e. The Labute approximate surface area is 506 Å². The number of imide groups is 1. The number of fused-ring (bicyclic) bond motifs is 2. The van der Waals surface area contributed by atoms with Crippen LogP contribution in [0.25, 0.3) is 17.4 Å². The van der Waals surface area contributed by atoms with Crippen LogP contribution in [0.15, 0.2) is 69.6 Å². The van der Waals surface area contributed by atoms with E-state index in [1.807, 2.05) is 48.2 Å². The predicted octanol–water partition coefficient (Wildman–Crippen LogP) is 5.29. The van der Waals surface area contributed by atoms with Gasteiger partial charge in [0, 0.05) is 68.5 Å². The average Bonchev–Trinajstić information content (AvgIpc) is 1.61. The number of hydroxylamine groups is 2. The zero-order valence-electron chi connectivity index (χ0n) is 50.8. The van der Waals surface area contributed by atoms with Crippen molar-refractivity contribution >= 4 is 49.8 Å². The minimum Gasteiger partial charge on any atom is -0.744 e. The van der Waals surface area contributed by atoms with E-state index in [9.17, 15) is 40.3 Å². The van der Waals surface area contributed by atoms with Crippen molar-refractivity contribution in [3.63, 3.8) is 0 Å². The molecule has 3 aliphatic heterocycles. The predicted molar refractivity (Wildman–Crippen MR) is 317 cm³/mol. The Morgan fingerprint density at radius 1 is 0.698 bits per heavy atom. The monoisotopic (exact) mass is 1250 g/mol. The number of nitrogens with zero attached hydrogens (tertiary/aromatic N) is 3. The molecule has 1 fully saturated rings. The minimum atomic E-state index is -4.91. The third-order valence-electron chi connectivity index (χ3n) is 14.1. The number of hydrogen-bond acceptors (Lipinski definition) is 21. The first-order valence-electron chi connectivity index (χ1n) is 29.2. The van der Waals surface area contributed by atoms with E-state index in [-0.39, 0.29) is 37.5 Å². The van der Waals surface area contributed by atoms with Crippen LogP contribution in [0.1, 0.15) is 95.9 Å². The second kappa shape index (κ2) is 37.1. The summed E-state index contributed by atoms with van der Waals surface area (Å²) >= 11 is 0. The molecule has 1 unspecified atom stereocenters. The van der Waals surface area contributed by atoms with Crippen LogP contribution in [-0.4, -0.2) is 207 Å². The highest BCUT2D eigenvalue weighted by atomic mass is 32.2. The van der Waals surface area contributed by atoms with Crippen molar-refractivity contribution in [1.82, 2.24) is 9.64 Å². The SMILES string of the molecule is COCCOCCOCCOCCOCC[N+](CCOCCOCCOCCOCCOC)=c1ccc2c(C(C)(C)C)cc(/C=C/C=C3/N(CCCCCC(=O)ON4C(=O)CCC4=O)c4ccc(S(=O)(=O)[O-])cc4C3(C)CCCS(=O)(=O)O)oc-2c1. The van der Waals surface area contributed by atoms with Crippen LogP contribution in [0, 0.1) is 0 Å². The number of anilines is 1. The van der Waals surface area contributed by atoms with Crippen LogP contribution in [-0.2, 0) is 97.7 Å². The van der Waals surface area contributed by atoms with Crippen LogP contribution >= 0.6 is 0 Å². The van der Waals surface area contributed by atoms with Gasteiger partial charge in [-0.3, -0.25) is 14.1 Å². The van der Waals surface area contributed by atoms with Gasteiger partial charge < -0.3 is 66.1 Å². The van der Waals surface area contributed by atoms with E-state index in [1.165, 1.54) is 12.1 Å². The molecule has 1 atom stereocenters. The number of allylic oxidation sites excluding steroid dienone is 3. The normalized spacial score (nSPS) is 16.2. The first-order valence-corrected chi connectivity index (χ1v) is 32.2. The highest BCUT2D eigenvalue weighted by molar-refractivity contribution is 7.86. The first-order chi connectivity index (χ1) is 41.2. The molecule has 24 nitrogen and oxygen atoms in total. The van der Waals surface area contributed by atoms with E-state index >= 15 is 0 Å². The fourth-order valence-electron chi connectivity index (χ4n) is 9.68. The number of hydrogen-bond donors (Lipinski definition) is 1. The molecular formula is C60H89N3O21S2. The van der Waals surface area contributed by atoms with Gasteiger partial charge in [0.25, 0.3) is 21.9 Å². The summed E-state index contributed by atoms with van der Waals surface area (Å²) in [6.45, 7) is 17.5. The fourth-order valence-corrected chi connectivity index (χ4v) is 10.7. The van der Waals surface area contributed by atoms with Crippen molar-refractivity contribution in [1.29, 1.82) is 0 Å². The van der Waals surface area contributed by atoms with Crippen molar-refractivity contribution in [3.8, 4) is 11.3 Å². The van der Waals surface area contributed by atoms with Crippen LogP contribution in [0.2, 0.25) is 0 Å². The summed E-state index contributed by atoms with van der Waals surface area (Å²) < 4.78 is 135. The number of carbonyl (C=O) groups excluding carboxylic acids is 3. The summed E-state index contributed by atoms with van der Waals surface area (Å²) in [5.74, 6) is -1.31. The van der Waals surface area contributed by atoms with E-state index in [1.54, 1.807) is 26.4 Å². The van der Waals surface area contributed by atoms with Gasteiger partial charge in [-0.15, -0.1) is 5.06 Å². The highest BCUT2D eigenvalue weighted by Gasteiger charge is 2.43. The Balaban J connectivity index is 1.39. The zero-order chi connectivity index (χ0) is 62.4. The lowest BCUT2D eigenvalue weighted by Crippen LogP contribution is -2.36. The molecule has 1 aromatic carbocycles. The lowest BCUT2D eigenvalue weighted by Gasteiger charge is -2.30. The topological polar surface area (TPSA) is 287 Å². The van der Waals surface area contributed by atoms with Crippen LogP contribution < -0.4 is 14.8 Å². The number of ether oxygens (including phenoxy) is 10. The van der Waals surface area contributed by atoms with Gasteiger partial charge in [0.2, 0.25) is 5.36 Å². The molecular weight excluding hydrogens is 1160 g/mol. The Morgan fingerprint density at radius 3 is 1.72 bits per heavy atom. The fraction of sp³-hybridized carbons (Fsp3) is 0.633. The van der Waals surface area contributed by atoms with Crippen molar-refractivity contribution in [2.45, 2.75) is 94.8 Å². The van der Waals surface area contributed by atoms with Crippen molar-refractivity contribution in [3.05, 3.63) is 82.6 Å². The maximum absolute atomic E-state index is 12.6. The number of benzene rings is 2. The van der Waals surface area contributed by atoms with Crippen molar-refractivity contribution in [2.24, 2.45) is 0 Å². The Morgan fingerprint density at radius 2 is 1.22 bits per heavy atom. The molecule has 482 valence electrons. The molecule has 0 aromatic heterocycles. The van der Waals surface area contributed by atoms with Gasteiger partial charge >= 0.3 is 5.97 Å². The second-order valence-corrected chi connectivity index (χ2v) is 24.6. The Hall–Kier alpha value is -5.04. The molecule has 1 N–H and O–H groups in total. The van der Waals surface area contributed by atoms with Crippen LogP contribution in [0.5, 0.6) is 0 Å². The average molecular weight is 1250 g/mol. The van der Waals surface area contributed by atoms with Gasteiger partial charge in [0.15, 0.2) is 13.1 Å². The number of rotatable bonds is 44. The summed E-state index contributed by atoms with van der Waals surface area (Å²) in [4.78, 5) is 43.2. The summed E-state index contributed by atoms with van der Waals surface area (Å²) in [5.41, 5.74) is 2.22. The van der Waals surface area contributed by atoms with Crippen molar-refractivity contribution in [2.75, 3.05) is 163 Å². The summed E-state index contributed by atoms with van der Waals surface area (Å²) in [6, 6.07) is 12.2. The number of carbonyl (C=O) groups is 3. The third-order valence-corrected chi connectivity index (χ3v) is 15.7. The number of methoxy groups -OCH3 is 2. The van der Waals surface area contributed by atoms with E-state index in [0.717, 1.165) is 16.5 Å². The number of unbranched alkanes of at least 4 members (excludes halogenated alkanes) is 2. The molecule has 26 heteroatoms. The molecule has 86 heavy (non-hydrogen) atoms. The summed E-state index contributed by atoms with van der Waals surface area (Å²) in [5, 5.41) is 1.38. The zero-order valence-corrected chi connectivity index (χ0v) is 52.4. The van der Waals surface area contributed by atoms with E-state index in [4.69, 9.17) is 56.6 Å². The van der Waals surface area contributed by atoms with Gasteiger partial charge in [-0.2, -0.15) is 8.42 Å². The molecule has 2 amide bonds. The van der Waals surface area contributed by atoms with Crippen LogP contribution in [0.4, 0.5) is 5.69 Å². The van der Waals surface area contributed by atoms with Gasteiger partial charge in [0.1, 0.15) is 34.9 Å². The third kappa shape index (κ3) is 24.5. The Kier molecular flexibility index (Phi) is 30.9. The molecule has 5 rings (SSSR count). The highest BCUT2D eigenvalue weighted by Crippen LogP contribution is 2.51. The van der Waals surface area contributed by atoms with Crippen LogP contribution in [0.3, 0.4) is 0 Å².